The summed E-state index contributed by atoms with van der Waals surface area (Å²) in [4.78, 5) is 4.34. The molecule has 1 saturated heterocycles. The molecule has 1 aromatic rings. The molecule has 5 nitrogen and oxygen atoms in total. The van der Waals surface area contributed by atoms with Gasteiger partial charge in [0.05, 0.1) is 11.5 Å². The van der Waals surface area contributed by atoms with E-state index in [9.17, 15) is 8.42 Å². The van der Waals surface area contributed by atoms with Crippen LogP contribution in [0.15, 0.2) is 12.4 Å². The van der Waals surface area contributed by atoms with Crippen molar-refractivity contribution in [3.63, 3.8) is 0 Å². The van der Waals surface area contributed by atoms with Crippen LogP contribution in [-0.4, -0.2) is 42.1 Å². The highest BCUT2D eigenvalue weighted by Crippen LogP contribution is 2.24. The Morgan fingerprint density at radius 1 is 1.55 bits per heavy atom. The van der Waals surface area contributed by atoms with Gasteiger partial charge in [-0.25, -0.2) is 13.4 Å². The van der Waals surface area contributed by atoms with E-state index < -0.39 is 9.84 Å². The first kappa shape index (κ1) is 15.5. The van der Waals surface area contributed by atoms with Crippen molar-refractivity contribution >= 4 is 9.84 Å². The summed E-state index contributed by atoms with van der Waals surface area (Å²) in [5.41, 5.74) is 0. The molecule has 1 aliphatic heterocycles. The number of nitrogens with one attached hydrogen (secondary N) is 1. The normalized spacial score (nSPS) is 23.0. The summed E-state index contributed by atoms with van der Waals surface area (Å²) in [6.45, 7) is 3.02. The Bertz CT molecular complexity index is 524. The second-order valence-corrected chi connectivity index (χ2v) is 7.98. The molecule has 1 N–H and O–H groups in total. The lowest BCUT2D eigenvalue weighted by Crippen LogP contribution is -2.32. The first-order chi connectivity index (χ1) is 9.50. The van der Waals surface area contributed by atoms with Gasteiger partial charge in [0, 0.05) is 31.9 Å². The highest BCUT2D eigenvalue weighted by molar-refractivity contribution is 7.91. The van der Waals surface area contributed by atoms with Gasteiger partial charge in [-0.15, -0.1) is 0 Å². The lowest BCUT2D eigenvalue weighted by Gasteiger charge is -2.20. The molecular weight excluding hydrogens is 274 g/mol. The van der Waals surface area contributed by atoms with Crippen LogP contribution in [0.2, 0.25) is 0 Å². The van der Waals surface area contributed by atoms with E-state index in [1.165, 1.54) is 0 Å². The van der Waals surface area contributed by atoms with Gasteiger partial charge >= 0.3 is 0 Å². The van der Waals surface area contributed by atoms with Crippen LogP contribution in [0.1, 0.15) is 32.0 Å². The first-order valence-electron chi connectivity index (χ1n) is 7.40. The van der Waals surface area contributed by atoms with Crippen molar-refractivity contribution in [3.05, 3.63) is 18.2 Å². The fourth-order valence-corrected chi connectivity index (χ4v) is 4.87. The van der Waals surface area contributed by atoms with Crippen molar-refractivity contribution in [1.82, 2.24) is 14.9 Å². The number of sulfone groups is 1. The summed E-state index contributed by atoms with van der Waals surface area (Å²) in [7, 11) is -0.757. The topological polar surface area (TPSA) is 64.0 Å². The highest BCUT2D eigenvalue weighted by Gasteiger charge is 2.29. The van der Waals surface area contributed by atoms with E-state index in [0.717, 1.165) is 38.1 Å². The van der Waals surface area contributed by atoms with Gasteiger partial charge in [-0.05, 0) is 31.7 Å². The summed E-state index contributed by atoms with van der Waals surface area (Å²) in [6.07, 6.45) is 7.50. The molecule has 0 aliphatic carbocycles. The zero-order chi connectivity index (χ0) is 14.6. The molecule has 114 valence electrons. The highest BCUT2D eigenvalue weighted by atomic mass is 32.2. The van der Waals surface area contributed by atoms with Crippen LogP contribution in [0.3, 0.4) is 0 Å². The van der Waals surface area contributed by atoms with Gasteiger partial charge in [-0.1, -0.05) is 6.92 Å². The smallest absolute Gasteiger partial charge is 0.150 e. The molecule has 20 heavy (non-hydrogen) atoms. The molecule has 2 heterocycles. The number of rotatable bonds is 7. The van der Waals surface area contributed by atoms with Crippen LogP contribution in [0.4, 0.5) is 0 Å². The van der Waals surface area contributed by atoms with Crippen LogP contribution in [0, 0.1) is 5.92 Å². The molecule has 0 aromatic carbocycles. The molecule has 6 heteroatoms. The second kappa shape index (κ2) is 6.72. The van der Waals surface area contributed by atoms with Gasteiger partial charge < -0.3 is 9.88 Å². The largest absolute Gasteiger partial charge is 0.338 e. The third-order valence-electron chi connectivity index (χ3n) is 4.07. The van der Waals surface area contributed by atoms with E-state index in [4.69, 9.17) is 0 Å². The van der Waals surface area contributed by atoms with Gasteiger partial charge in [0.15, 0.2) is 9.84 Å². The first-order valence-corrected chi connectivity index (χ1v) is 9.22. The Kier molecular flexibility index (Phi) is 5.21. The van der Waals surface area contributed by atoms with Crippen molar-refractivity contribution < 1.29 is 8.42 Å². The molecule has 0 spiro atoms. The predicted molar refractivity (Wildman–Crippen MR) is 80.4 cm³/mol. The quantitative estimate of drug-likeness (QED) is 0.820. The van der Waals surface area contributed by atoms with Gasteiger partial charge in [-0.3, -0.25) is 0 Å². The zero-order valence-corrected chi connectivity index (χ0v) is 13.2. The van der Waals surface area contributed by atoms with Gasteiger partial charge in [0.25, 0.3) is 0 Å². The van der Waals surface area contributed by atoms with Gasteiger partial charge in [0.2, 0.25) is 0 Å². The van der Waals surface area contributed by atoms with Crippen LogP contribution < -0.4 is 5.32 Å². The molecule has 0 saturated carbocycles. The molecule has 0 radical (unpaired) electrons. The van der Waals surface area contributed by atoms with Crippen LogP contribution >= 0.6 is 0 Å². The monoisotopic (exact) mass is 299 g/mol. The second-order valence-electron chi connectivity index (χ2n) is 5.75. The minimum Gasteiger partial charge on any atom is -0.338 e. The number of aryl methyl sites for hydroxylation is 2. The molecule has 1 aliphatic rings. The van der Waals surface area contributed by atoms with Crippen molar-refractivity contribution in [2.45, 2.75) is 38.6 Å². The molecule has 2 rings (SSSR count). The fourth-order valence-electron chi connectivity index (χ4n) is 2.99. The van der Waals surface area contributed by atoms with Crippen LogP contribution in [0.5, 0.6) is 0 Å². The summed E-state index contributed by atoms with van der Waals surface area (Å²) >= 11 is 0. The Hall–Kier alpha value is -0.880. The lowest BCUT2D eigenvalue weighted by atomic mass is 9.96. The Morgan fingerprint density at radius 3 is 2.90 bits per heavy atom. The van der Waals surface area contributed by atoms with Crippen molar-refractivity contribution in [2.75, 3.05) is 18.1 Å². The van der Waals surface area contributed by atoms with Crippen LogP contribution in [-0.2, 0) is 23.3 Å². The van der Waals surface area contributed by atoms with E-state index in [1.807, 2.05) is 24.0 Å². The van der Waals surface area contributed by atoms with E-state index in [2.05, 4.69) is 17.2 Å². The molecule has 1 fully saturated rings. The van der Waals surface area contributed by atoms with E-state index >= 15 is 0 Å². The Morgan fingerprint density at radius 2 is 2.35 bits per heavy atom. The maximum Gasteiger partial charge on any atom is 0.150 e. The number of aromatic nitrogens is 2. The Balaban J connectivity index is 1.86. The zero-order valence-electron chi connectivity index (χ0n) is 12.4. The standard InChI is InChI=1S/C14H25N3O2S/c1-3-15-13(4-5-14-16-7-8-17(14)2)10-12-6-9-20(18,19)11-12/h7-8,12-13,15H,3-6,9-11H2,1-2H3. The fraction of sp³-hybridized carbons (Fsp3) is 0.786. The Labute approximate surface area is 121 Å². The minimum atomic E-state index is -2.77. The molecule has 0 bridgehead atoms. The van der Waals surface area contributed by atoms with E-state index in [1.54, 1.807) is 0 Å². The summed E-state index contributed by atoms with van der Waals surface area (Å²) < 4.78 is 25.1. The SMILES string of the molecule is CCNC(CCc1nccn1C)CC1CCS(=O)(=O)C1. The summed E-state index contributed by atoms with van der Waals surface area (Å²) in [5, 5.41) is 3.49. The number of hydrogen-bond donors (Lipinski definition) is 1. The van der Waals surface area contributed by atoms with Gasteiger partial charge in [-0.2, -0.15) is 0 Å². The average molecular weight is 299 g/mol. The number of imidazole rings is 1. The third kappa shape index (κ3) is 4.31. The van der Waals surface area contributed by atoms with Gasteiger partial charge in [0.1, 0.15) is 5.82 Å². The maximum absolute atomic E-state index is 11.5. The molecule has 0 amide bonds. The number of hydrogen-bond acceptors (Lipinski definition) is 4. The van der Waals surface area contributed by atoms with E-state index in [-0.39, 0.29) is 0 Å². The molecule has 1 aromatic heterocycles. The number of nitrogens with zero attached hydrogens (tertiary/aromatic N) is 2. The third-order valence-corrected chi connectivity index (χ3v) is 5.91. The average Bonchev–Trinajstić information content (AvgIpc) is 2.93. The van der Waals surface area contributed by atoms with Crippen molar-refractivity contribution in [3.8, 4) is 0 Å². The minimum absolute atomic E-state index is 0.324. The molecule has 2 unspecified atom stereocenters. The van der Waals surface area contributed by atoms with Crippen LogP contribution in [0.25, 0.3) is 0 Å². The maximum atomic E-state index is 11.5. The molecular formula is C14H25N3O2S. The van der Waals surface area contributed by atoms with E-state index in [0.29, 0.717) is 23.5 Å². The molecule has 2 atom stereocenters. The lowest BCUT2D eigenvalue weighted by molar-refractivity contribution is 0.390. The summed E-state index contributed by atoms with van der Waals surface area (Å²) in [5.74, 6) is 2.16. The summed E-state index contributed by atoms with van der Waals surface area (Å²) in [6, 6.07) is 0.384. The van der Waals surface area contributed by atoms with Crippen molar-refractivity contribution in [1.29, 1.82) is 0 Å². The van der Waals surface area contributed by atoms with Crippen molar-refractivity contribution in [2.24, 2.45) is 13.0 Å². The predicted octanol–water partition coefficient (Wildman–Crippen LogP) is 1.16.